The Kier molecular flexibility index (Phi) is 4.94. The van der Waals surface area contributed by atoms with Crippen LogP contribution in [0.2, 0.25) is 0 Å². The Bertz CT molecular complexity index is 212. The van der Waals surface area contributed by atoms with E-state index in [9.17, 15) is 13.6 Å². The summed E-state index contributed by atoms with van der Waals surface area (Å²) in [4.78, 5) is 10.7. The number of aliphatic hydroxyl groups excluding tert-OH is 1. The van der Waals surface area contributed by atoms with Crippen LogP contribution < -0.4 is 5.32 Å². The van der Waals surface area contributed by atoms with Crippen molar-refractivity contribution in [3.8, 4) is 0 Å². The quantitative estimate of drug-likeness (QED) is 0.748. The molecule has 0 bridgehead atoms. The third kappa shape index (κ3) is 3.74. The van der Waals surface area contributed by atoms with E-state index < -0.39 is 12.3 Å². The molecule has 1 fully saturated rings. The molecule has 0 heterocycles. The van der Waals surface area contributed by atoms with Crippen molar-refractivity contribution in [3.05, 3.63) is 0 Å². The van der Waals surface area contributed by atoms with Crippen LogP contribution in [0.5, 0.6) is 0 Å². The fourth-order valence-electron chi connectivity index (χ4n) is 2.10. The topological polar surface area (TPSA) is 49.3 Å². The SMILES string of the molecule is O=C(NCC1CCCCC1CO)C(F)F. The molecule has 3 nitrogen and oxygen atoms in total. The Balaban J connectivity index is 2.32. The second-order valence-corrected chi connectivity index (χ2v) is 4.03. The number of halogens is 2. The van der Waals surface area contributed by atoms with E-state index in [0.29, 0.717) is 0 Å². The zero-order valence-corrected chi connectivity index (χ0v) is 8.59. The summed E-state index contributed by atoms with van der Waals surface area (Å²) in [5.41, 5.74) is 0. The monoisotopic (exact) mass is 221 g/mol. The molecule has 2 unspecified atom stereocenters. The lowest BCUT2D eigenvalue weighted by Crippen LogP contribution is -2.38. The third-order valence-corrected chi connectivity index (χ3v) is 3.04. The maximum atomic E-state index is 11.9. The van der Waals surface area contributed by atoms with Crippen molar-refractivity contribution in [1.29, 1.82) is 0 Å². The lowest BCUT2D eigenvalue weighted by atomic mass is 9.79. The summed E-state index contributed by atoms with van der Waals surface area (Å²) in [6, 6.07) is 0. The maximum Gasteiger partial charge on any atom is 0.315 e. The number of carbonyl (C=O) groups excluding carboxylic acids is 1. The molecule has 5 heteroatoms. The molecule has 1 saturated carbocycles. The minimum atomic E-state index is -2.94. The average Bonchev–Trinajstić information content (AvgIpc) is 2.26. The summed E-state index contributed by atoms with van der Waals surface area (Å²) in [5, 5.41) is 11.3. The van der Waals surface area contributed by atoms with Gasteiger partial charge in [-0.3, -0.25) is 4.79 Å². The Morgan fingerprint density at radius 2 is 1.93 bits per heavy atom. The summed E-state index contributed by atoms with van der Waals surface area (Å²) in [6.07, 6.45) is 0.998. The van der Waals surface area contributed by atoms with Gasteiger partial charge >= 0.3 is 6.43 Å². The van der Waals surface area contributed by atoms with Gasteiger partial charge in [-0.2, -0.15) is 8.78 Å². The number of hydrogen-bond donors (Lipinski definition) is 2. The van der Waals surface area contributed by atoms with E-state index in [4.69, 9.17) is 5.11 Å². The molecule has 0 spiro atoms. The predicted octanol–water partition coefficient (Wildman–Crippen LogP) is 1.17. The molecule has 2 atom stereocenters. The van der Waals surface area contributed by atoms with Crippen molar-refractivity contribution < 1.29 is 18.7 Å². The van der Waals surface area contributed by atoms with Crippen LogP contribution in [0.3, 0.4) is 0 Å². The molecule has 1 amide bonds. The molecule has 1 aliphatic carbocycles. The Hall–Kier alpha value is -0.710. The van der Waals surface area contributed by atoms with Gasteiger partial charge in [0.15, 0.2) is 0 Å². The van der Waals surface area contributed by atoms with Crippen molar-refractivity contribution in [3.63, 3.8) is 0 Å². The molecule has 2 N–H and O–H groups in total. The maximum absolute atomic E-state index is 11.9. The van der Waals surface area contributed by atoms with Gasteiger partial charge in [0, 0.05) is 13.2 Å². The zero-order chi connectivity index (χ0) is 11.3. The largest absolute Gasteiger partial charge is 0.396 e. The number of alkyl halides is 2. The van der Waals surface area contributed by atoms with Crippen LogP contribution in [-0.2, 0) is 4.79 Å². The molecule has 1 aliphatic rings. The normalized spacial score (nSPS) is 26.7. The number of hydrogen-bond acceptors (Lipinski definition) is 2. The smallest absolute Gasteiger partial charge is 0.315 e. The Labute approximate surface area is 87.9 Å². The van der Waals surface area contributed by atoms with E-state index in [1.807, 2.05) is 0 Å². The van der Waals surface area contributed by atoms with Crippen molar-refractivity contribution in [2.24, 2.45) is 11.8 Å². The van der Waals surface area contributed by atoms with Gasteiger partial charge in [0.05, 0.1) is 0 Å². The zero-order valence-electron chi connectivity index (χ0n) is 8.59. The highest BCUT2D eigenvalue weighted by Crippen LogP contribution is 2.29. The molecule has 0 aliphatic heterocycles. The van der Waals surface area contributed by atoms with E-state index in [0.717, 1.165) is 25.7 Å². The highest BCUT2D eigenvalue weighted by atomic mass is 19.3. The molecule has 0 aromatic rings. The molecule has 0 saturated heterocycles. The first-order valence-corrected chi connectivity index (χ1v) is 5.32. The number of nitrogens with one attached hydrogen (secondary N) is 1. The van der Waals surface area contributed by atoms with E-state index in [-0.39, 0.29) is 25.0 Å². The van der Waals surface area contributed by atoms with Crippen LogP contribution in [-0.4, -0.2) is 30.6 Å². The molecule has 88 valence electrons. The van der Waals surface area contributed by atoms with Crippen LogP contribution >= 0.6 is 0 Å². The molecular formula is C10H17F2NO2. The number of carbonyl (C=O) groups is 1. The predicted molar refractivity (Wildman–Crippen MR) is 51.5 cm³/mol. The molecule has 1 rings (SSSR count). The second-order valence-electron chi connectivity index (χ2n) is 4.03. The molecule has 0 aromatic carbocycles. The summed E-state index contributed by atoms with van der Waals surface area (Å²) in [5.74, 6) is -0.916. The second kappa shape index (κ2) is 6.00. The molecule has 0 aromatic heterocycles. The van der Waals surface area contributed by atoms with Crippen molar-refractivity contribution in [2.75, 3.05) is 13.2 Å². The summed E-state index contributed by atoms with van der Waals surface area (Å²) < 4.78 is 23.8. The van der Waals surface area contributed by atoms with Gasteiger partial charge in [0.25, 0.3) is 5.91 Å². The first-order valence-electron chi connectivity index (χ1n) is 5.32. The van der Waals surface area contributed by atoms with Gasteiger partial charge in [-0.1, -0.05) is 12.8 Å². The fraction of sp³-hybridized carbons (Fsp3) is 0.900. The molecular weight excluding hydrogens is 204 g/mol. The van der Waals surface area contributed by atoms with Gasteiger partial charge < -0.3 is 10.4 Å². The highest BCUT2D eigenvalue weighted by molar-refractivity contribution is 5.79. The molecule has 0 radical (unpaired) electrons. The summed E-state index contributed by atoms with van der Waals surface area (Å²) in [7, 11) is 0. The van der Waals surface area contributed by atoms with Crippen LogP contribution in [0.15, 0.2) is 0 Å². The van der Waals surface area contributed by atoms with Gasteiger partial charge in [-0.05, 0) is 24.7 Å². The van der Waals surface area contributed by atoms with Gasteiger partial charge in [-0.25, -0.2) is 0 Å². The standard InChI is InChI=1S/C10H17F2NO2/c11-9(12)10(15)13-5-7-3-1-2-4-8(7)6-14/h7-9,14H,1-6H2,(H,13,15). The van der Waals surface area contributed by atoms with E-state index in [2.05, 4.69) is 5.32 Å². The van der Waals surface area contributed by atoms with Crippen LogP contribution in [0.25, 0.3) is 0 Å². The lowest BCUT2D eigenvalue weighted by molar-refractivity contribution is -0.132. The van der Waals surface area contributed by atoms with Crippen LogP contribution in [0.4, 0.5) is 8.78 Å². The van der Waals surface area contributed by atoms with Gasteiger partial charge in [-0.15, -0.1) is 0 Å². The fourth-order valence-corrected chi connectivity index (χ4v) is 2.10. The van der Waals surface area contributed by atoms with Crippen molar-refractivity contribution in [1.82, 2.24) is 5.32 Å². The highest BCUT2D eigenvalue weighted by Gasteiger charge is 2.25. The van der Waals surface area contributed by atoms with Crippen molar-refractivity contribution in [2.45, 2.75) is 32.1 Å². The summed E-state index contributed by atoms with van der Waals surface area (Å²) in [6.45, 7) is 0.337. The number of rotatable bonds is 4. The minimum absolute atomic E-state index is 0.0786. The van der Waals surface area contributed by atoms with Crippen LogP contribution in [0, 0.1) is 11.8 Å². The van der Waals surface area contributed by atoms with Gasteiger partial charge in [0.1, 0.15) is 0 Å². The minimum Gasteiger partial charge on any atom is -0.396 e. The van der Waals surface area contributed by atoms with E-state index in [1.165, 1.54) is 0 Å². The Morgan fingerprint density at radius 3 is 2.47 bits per heavy atom. The van der Waals surface area contributed by atoms with Gasteiger partial charge in [0.2, 0.25) is 0 Å². The number of aliphatic hydroxyl groups is 1. The van der Waals surface area contributed by atoms with E-state index in [1.54, 1.807) is 0 Å². The lowest BCUT2D eigenvalue weighted by Gasteiger charge is -2.30. The Morgan fingerprint density at radius 1 is 1.33 bits per heavy atom. The van der Waals surface area contributed by atoms with E-state index >= 15 is 0 Å². The first kappa shape index (κ1) is 12.4. The molecule has 15 heavy (non-hydrogen) atoms. The first-order chi connectivity index (χ1) is 7.15. The third-order valence-electron chi connectivity index (χ3n) is 3.04. The number of amides is 1. The average molecular weight is 221 g/mol. The van der Waals surface area contributed by atoms with Crippen LogP contribution in [0.1, 0.15) is 25.7 Å². The summed E-state index contributed by atoms with van der Waals surface area (Å²) >= 11 is 0. The van der Waals surface area contributed by atoms with Crippen molar-refractivity contribution >= 4 is 5.91 Å².